The molecule has 102 valence electrons. The molecule has 0 unspecified atom stereocenters. The first-order chi connectivity index (χ1) is 8.65. The largest absolute Gasteiger partial charge is 0.361 e. The minimum absolute atomic E-state index is 0.0674. The van der Waals surface area contributed by atoms with Crippen molar-refractivity contribution < 1.29 is 9.13 Å². The van der Waals surface area contributed by atoms with Crippen molar-refractivity contribution in [1.29, 1.82) is 0 Å². The predicted octanol–water partition coefficient (Wildman–Crippen LogP) is 1.45. The van der Waals surface area contributed by atoms with Gasteiger partial charge in [-0.1, -0.05) is 12.8 Å². The van der Waals surface area contributed by atoms with Crippen molar-refractivity contribution in [3.05, 3.63) is 32.9 Å². The molecule has 5 nitrogen and oxygen atoms in total. The van der Waals surface area contributed by atoms with Crippen LogP contribution in [0.3, 0.4) is 0 Å². The highest BCUT2D eigenvalue weighted by Gasteiger charge is 2.03. The third kappa shape index (κ3) is 5.01. The number of nitrogens with one attached hydrogen (secondary N) is 1. The molecule has 0 saturated carbocycles. The fraction of sp³-hybridized carbons (Fsp3) is 0.636. The Labute approximate surface area is 109 Å². The van der Waals surface area contributed by atoms with E-state index >= 15 is 0 Å². The maximum atomic E-state index is 12.9. The Morgan fingerprint density at radius 1 is 1.28 bits per heavy atom. The Kier molecular flexibility index (Phi) is 6.67. The molecule has 1 N–H and O–H groups in total. The highest BCUT2D eigenvalue weighted by atomic mass is 35.5. The molecule has 1 aromatic heterocycles. The van der Waals surface area contributed by atoms with Crippen LogP contribution in [0.15, 0.2) is 15.8 Å². The quantitative estimate of drug-likeness (QED) is 0.578. The molecule has 0 fully saturated rings. The number of nitrogens with zero attached hydrogens (tertiary/aromatic N) is 1. The van der Waals surface area contributed by atoms with Gasteiger partial charge in [0, 0.05) is 12.5 Å². The third-order valence-corrected chi connectivity index (χ3v) is 2.64. The molecule has 0 aromatic carbocycles. The van der Waals surface area contributed by atoms with Gasteiger partial charge in [-0.05, 0) is 12.8 Å². The standard InChI is InChI=1S/C11H16ClFN2O3/c12-5-3-1-2-4-6-18-8-15-7-9(13)10(16)14-11(15)17/h7H,1-6,8H2,(H,14,16,17). The predicted molar refractivity (Wildman–Crippen MR) is 66.4 cm³/mol. The molecule has 0 aliphatic rings. The van der Waals surface area contributed by atoms with Crippen molar-refractivity contribution in [3.63, 3.8) is 0 Å². The van der Waals surface area contributed by atoms with Crippen molar-refractivity contribution >= 4 is 11.6 Å². The van der Waals surface area contributed by atoms with Crippen LogP contribution in [0.5, 0.6) is 0 Å². The lowest BCUT2D eigenvalue weighted by Gasteiger charge is -2.06. The summed E-state index contributed by atoms with van der Waals surface area (Å²) < 4.78 is 19.1. The van der Waals surface area contributed by atoms with Gasteiger partial charge in [0.15, 0.2) is 0 Å². The van der Waals surface area contributed by atoms with Crippen molar-refractivity contribution in [3.8, 4) is 0 Å². The molecule has 0 atom stereocenters. The monoisotopic (exact) mass is 278 g/mol. The van der Waals surface area contributed by atoms with E-state index in [0.717, 1.165) is 36.4 Å². The summed E-state index contributed by atoms with van der Waals surface area (Å²) in [5.41, 5.74) is -1.69. The van der Waals surface area contributed by atoms with Gasteiger partial charge in [0.25, 0.3) is 5.56 Å². The van der Waals surface area contributed by atoms with Crippen LogP contribution in [-0.2, 0) is 11.5 Å². The smallest absolute Gasteiger partial charge is 0.330 e. The molecule has 0 aliphatic carbocycles. The van der Waals surface area contributed by atoms with E-state index in [-0.39, 0.29) is 6.73 Å². The number of ether oxygens (including phenoxy) is 1. The average Bonchev–Trinajstić information content (AvgIpc) is 2.34. The van der Waals surface area contributed by atoms with Crippen LogP contribution in [0, 0.1) is 5.82 Å². The number of hydrogen-bond acceptors (Lipinski definition) is 3. The molecule has 1 heterocycles. The number of H-pyrrole nitrogens is 1. The second-order valence-electron chi connectivity index (χ2n) is 3.85. The lowest BCUT2D eigenvalue weighted by Crippen LogP contribution is -2.32. The van der Waals surface area contributed by atoms with E-state index in [1.54, 1.807) is 0 Å². The second kappa shape index (κ2) is 8.05. The molecule has 18 heavy (non-hydrogen) atoms. The Morgan fingerprint density at radius 3 is 2.72 bits per heavy atom. The zero-order chi connectivity index (χ0) is 13.4. The second-order valence-corrected chi connectivity index (χ2v) is 4.22. The summed E-state index contributed by atoms with van der Waals surface area (Å²) in [5, 5.41) is 0. The van der Waals surface area contributed by atoms with Gasteiger partial charge in [-0.2, -0.15) is 4.39 Å². The van der Waals surface area contributed by atoms with Gasteiger partial charge < -0.3 is 4.74 Å². The number of unbranched alkanes of at least 4 members (excludes halogenated alkanes) is 3. The van der Waals surface area contributed by atoms with Gasteiger partial charge in [0.2, 0.25) is 5.82 Å². The lowest BCUT2D eigenvalue weighted by molar-refractivity contribution is 0.0699. The van der Waals surface area contributed by atoms with Crippen LogP contribution in [0.25, 0.3) is 0 Å². The molecule has 0 radical (unpaired) electrons. The summed E-state index contributed by atoms with van der Waals surface area (Å²) in [6.45, 7) is 0.414. The van der Waals surface area contributed by atoms with E-state index < -0.39 is 17.1 Å². The normalized spacial score (nSPS) is 10.8. The van der Waals surface area contributed by atoms with Gasteiger partial charge in [-0.3, -0.25) is 14.3 Å². The fourth-order valence-corrected chi connectivity index (χ4v) is 1.58. The zero-order valence-electron chi connectivity index (χ0n) is 9.95. The summed E-state index contributed by atoms with van der Waals surface area (Å²) in [6, 6.07) is 0. The van der Waals surface area contributed by atoms with E-state index in [0.29, 0.717) is 12.5 Å². The number of alkyl halides is 1. The number of halogens is 2. The first-order valence-electron chi connectivity index (χ1n) is 5.78. The van der Waals surface area contributed by atoms with E-state index in [9.17, 15) is 14.0 Å². The topological polar surface area (TPSA) is 64.1 Å². The van der Waals surface area contributed by atoms with Crippen molar-refractivity contribution in [2.75, 3.05) is 12.5 Å². The number of aromatic amines is 1. The summed E-state index contributed by atoms with van der Waals surface area (Å²) in [4.78, 5) is 23.9. The maximum Gasteiger partial charge on any atom is 0.330 e. The van der Waals surface area contributed by atoms with Crippen LogP contribution in [0.4, 0.5) is 4.39 Å². The minimum atomic E-state index is -1.02. The van der Waals surface area contributed by atoms with Crippen LogP contribution in [-0.4, -0.2) is 22.0 Å². The minimum Gasteiger partial charge on any atom is -0.361 e. The van der Waals surface area contributed by atoms with Gasteiger partial charge in [0.1, 0.15) is 6.73 Å². The van der Waals surface area contributed by atoms with E-state index in [1.165, 1.54) is 0 Å². The molecule has 0 amide bonds. The van der Waals surface area contributed by atoms with Crippen molar-refractivity contribution in [1.82, 2.24) is 9.55 Å². The maximum absolute atomic E-state index is 12.9. The SMILES string of the molecule is O=c1[nH]c(=O)n(COCCCCCCCl)cc1F. The third-order valence-electron chi connectivity index (χ3n) is 2.37. The van der Waals surface area contributed by atoms with Crippen LogP contribution in [0.1, 0.15) is 25.7 Å². The molecular formula is C11H16ClFN2O3. The molecule has 0 spiro atoms. The fourth-order valence-electron chi connectivity index (χ4n) is 1.39. The van der Waals surface area contributed by atoms with Crippen LogP contribution in [0.2, 0.25) is 0 Å². The molecule has 0 aliphatic heterocycles. The average molecular weight is 279 g/mol. The first-order valence-corrected chi connectivity index (χ1v) is 6.31. The Hall–Kier alpha value is -1.14. The van der Waals surface area contributed by atoms with E-state index in [1.807, 2.05) is 4.98 Å². The molecule has 1 aromatic rings. The van der Waals surface area contributed by atoms with Gasteiger partial charge in [0.05, 0.1) is 6.20 Å². The summed E-state index contributed by atoms with van der Waals surface area (Å²) in [7, 11) is 0. The Balaban J connectivity index is 2.30. The molecular weight excluding hydrogens is 263 g/mol. The molecule has 0 bridgehead atoms. The Bertz CT molecular complexity index is 472. The van der Waals surface area contributed by atoms with Gasteiger partial charge in [-0.25, -0.2) is 4.79 Å². The summed E-state index contributed by atoms with van der Waals surface area (Å²) >= 11 is 5.53. The Morgan fingerprint density at radius 2 is 2.00 bits per heavy atom. The zero-order valence-corrected chi connectivity index (χ0v) is 10.7. The number of hydrogen-bond donors (Lipinski definition) is 1. The number of aromatic nitrogens is 2. The summed E-state index contributed by atoms with van der Waals surface area (Å²) in [5.74, 6) is -0.340. The molecule has 7 heteroatoms. The van der Waals surface area contributed by atoms with Crippen molar-refractivity contribution in [2.45, 2.75) is 32.4 Å². The molecule has 1 rings (SSSR count). The molecule has 0 saturated heterocycles. The first kappa shape index (κ1) is 14.9. The summed E-state index contributed by atoms with van der Waals surface area (Å²) in [6.07, 6.45) is 4.72. The van der Waals surface area contributed by atoms with E-state index in [4.69, 9.17) is 16.3 Å². The van der Waals surface area contributed by atoms with Crippen LogP contribution < -0.4 is 11.2 Å². The van der Waals surface area contributed by atoms with Gasteiger partial charge in [-0.15, -0.1) is 11.6 Å². The van der Waals surface area contributed by atoms with Crippen molar-refractivity contribution in [2.24, 2.45) is 0 Å². The lowest BCUT2D eigenvalue weighted by atomic mass is 10.2. The van der Waals surface area contributed by atoms with Gasteiger partial charge >= 0.3 is 5.69 Å². The highest BCUT2D eigenvalue weighted by Crippen LogP contribution is 2.01. The highest BCUT2D eigenvalue weighted by molar-refractivity contribution is 6.17. The number of rotatable bonds is 8. The van der Waals surface area contributed by atoms with E-state index in [2.05, 4.69) is 0 Å². The van der Waals surface area contributed by atoms with Crippen LogP contribution >= 0.6 is 11.6 Å².